The number of anilines is 2. The van der Waals surface area contributed by atoms with Gasteiger partial charge < -0.3 is 25.4 Å². The Morgan fingerprint density at radius 1 is 1.02 bits per heavy atom. The number of benzene rings is 4. The van der Waals surface area contributed by atoms with E-state index in [9.17, 15) is 27.5 Å². The molecule has 0 saturated carbocycles. The first kappa shape index (κ1) is 35.3. The van der Waals surface area contributed by atoms with Crippen LogP contribution in [0.1, 0.15) is 38.1 Å². The minimum atomic E-state index is -4.10. The quantitative estimate of drug-likeness (QED) is 0.206. The highest BCUT2D eigenvalue weighted by molar-refractivity contribution is 7.89. The van der Waals surface area contributed by atoms with Gasteiger partial charge in [-0.3, -0.25) is 4.79 Å². The monoisotopic (exact) mass is 664 g/mol. The molecule has 0 saturated heterocycles. The highest BCUT2D eigenvalue weighted by atomic mass is 32.2. The molecule has 0 aliphatic carbocycles. The number of nitrogens with one attached hydrogen (secondary N) is 2. The van der Waals surface area contributed by atoms with Gasteiger partial charge in [0.05, 0.1) is 41.0 Å². The van der Waals surface area contributed by atoms with Gasteiger partial charge in [-0.2, -0.15) is 4.31 Å². The standard InChI is InChI=1S/C33H35FN4O6S.C2H6/c1-21-18-38(22(2)20-39)32(40)27-14-8-16-29(36-33(41)35-28-15-6-10-23-9-4-5-13-26(23)28)31(27)44-30(21)19-37(3)45(42,43)25-12-7-11-24(34)17-25;1-2/h4-17,21-22,30,39H,18-20H2,1-3H3,(H2,35,36,41);1-2H3. The number of rotatable bonds is 8. The van der Waals surface area contributed by atoms with E-state index >= 15 is 0 Å². The Morgan fingerprint density at radius 3 is 2.38 bits per heavy atom. The fourth-order valence-corrected chi connectivity index (χ4v) is 6.54. The van der Waals surface area contributed by atoms with Gasteiger partial charge >= 0.3 is 6.03 Å². The maximum Gasteiger partial charge on any atom is 0.323 e. The number of aliphatic hydroxyl groups is 1. The molecule has 250 valence electrons. The number of hydrogen-bond acceptors (Lipinski definition) is 6. The van der Waals surface area contributed by atoms with E-state index in [0.29, 0.717) is 5.69 Å². The van der Waals surface area contributed by atoms with Crippen molar-refractivity contribution in [3.05, 3.63) is 96.3 Å². The van der Waals surface area contributed by atoms with E-state index in [1.807, 2.05) is 57.2 Å². The average Bonchev–Trinajstić information content (AvgIpc) is 3.07. The number of fused-ring (bicyclic) bond motifs is 2. The Morgan fingerprint density at radius 2 is 1.66 bits per heavy atom. The Kier molecular flexibility index (Phi) is 11.6. The van der Waals surface area contributed by atoms with Gasteiger partial charge in [-0.1, -0.05) is 69.3 Å². The van der Waals surface area contributed by atoms with E-state index in [1.54, 1.807) is 31.2 Å². The normalized spacial score (nSPS) is 17.0. The first-order chi connectivity index (χ1) is 22.5. The molecule has 0 bridgehead atoms. The number of para-hydroxylation sites is 1. The van der Waals surface area contributed by atoms with E-state index in [0.717, 1.165) is 27.2 Å². The number of halogens is 1. The van der Waals surface area contributed by atoms with Gasteiger partial charge in [0.1, 0.15) is 11.9 Å². The van der Waals surface area contributed by atoms with E-state index in [1.165, 1.54) is 24.1 Å². The van der Waals surface area contributed by atoms with Crippen molar-refractivity contribution in [1.82, 2.24) is 9.21 Å². The number of amides is 3. The summed E-state index contributed by atoms with van der Waals surface area (Å²) in [4.78, 5) is 28.4. The SMILES string of the molecule is CC.CC1CN(C(C)CO)C(=O)c2cccc(NC(=O)Nc3cccc4ccccc34)c2OC1CN(C)S(=O)(=O)c1cccc(F)c1. The van der Waals surface area contributed by atoms with Crippen molar-refractivity contribution in [3.8, 4) is 5.75 Å². The van der Waals surface area contributed by atoms with Crippen LogP contribution >= 0.6 is 0 Å². The molecule has 3 atom stereocenters. The molecular formula is C35H41FN4O6S. The van der Waals surface area contributed by atoms with Gasteiger partial charge in [0, 0.05) is 24.9 Å². The first-order valence-electron chi connectivity index (χ1n) is 15.5. The second-order valence-corrected chi connectivity index (χ2v) is 13.2. The first-order valence-corrected chi connectivity index (χ1v) is 16.9. The molecule has 0 fully saturated rings. The Hall–Kier alpha value is -4.52. The van der Waals surface area contributed by atoms with Crippen LogP contribution < -0.4 is 15.4 Å². The second kappa shape index (κ2) is 15.4. The highest BCUT2D eigenvalue weighted by Gasteiger charge is 2.36. The summed E-state index contributed by atoms with van der Waals surface area (Å²) in [6.45, 7) is 7.25. The third-order valence-electron chi connectivity index (χ3n) is 7.92. The summed E-state index contributed by atoms with van der Waals surface area (Å²) in [5.74, 6) is -1.44. The number of ether oxygens (including phenoxy) is 1. The van der Waals surface area contributed by atoms with Crippen molar-refractivity contribution in [3.63, 3.8) is 0 Å². The molecule has 1 aliphatic heterocycles. The van der Waals surface area contributed by atoms with Crippen LogP contribution in [0.5, 0.6) is 5.75 Å². The fourth-order valence-electron chi connectivity index (χ4n) is 5.33. The summed E-state index contributed by atoms with van der Waals surface area (Å²) in [5.41, 5.74) is 0.927. The summed E-state index contributed by atoms with van der Waals surface area (Å²) < 4.78 is 48.1. The summed E-state index contributed by atoms with van der Waals surface area (Å²) in [6, 6.07) is 21.5. The number of likely N-dealkylation sites (N-methyl/N-ethyl adjacent to an activating group) is 1. The molecule has 10 nitrogen and oxygen atoms in total. The Balaban J connectivity index is 0.00000245. The molecule has 0 aromatic heterocycles. The van der Waals surface area contributed by atoms with Crippen molar-refractivity contribution < 1.29 is 32.2 Å². The van der Waals surface area contributed by atoms with Crippen LogP contribution in [-0.4, -0.2) is 73.6 Å². The van der Waals surface area contributed by atoms with Gasteiger partial charge in [0.2, 0.25) is 10.0 Å². The molecule has 5 rings (SSSR count). The summed E-state index contributed by atoms with van der Waals surface area (Å²) in [6.07, 6.45) is -0.803. The molecular weight excluding hydrogens is 623 g/mol. The molecule has 1 aliphatic rings. The number of carbonyl (C=O) groups excluding carboxylic acids is 2. The number of nitrogens with zero attached hydrogens (tertiary/aromatic N) is 2. The molecule has 0 spiro atoms. The van der Waals surface area contributed by atoms with E-state index in [-0.39, 0.29) is 41.6 Å². The number of carbonyl (C=O) groups is 2. The van der Waals surface area contributed by atoms with E-state index in [2.05, 4.69) is 10.6 Å². The van der Waals surface area contributed by atoms with Gasteiger partial charge in [-0.15, -0.1) is 0 Å². The largest absolute Gasteiger partial charge is 0.486 e. The molecule has 3 unspecified atom stereocenters. The van der Waals surface area contributed by atoms with Crippen molar-refractivity contribution >= 4 is 44.1 Å². The smallest absolute Gasteiger partial charge is 0.323 e. The number of aliphatic hydroxyl groups excluding tert-OH is 1. The Labute approximate surface area is 275 Å². The average molecular weight is 665 g/mol. The van der Waals surface area contributed by atoms with Crippen LogP contribution in [0.2, 0.25) is 0 Å². The van der Waals surface area contributed by atoms with E-state index < -0.39 is 45.8 Å². The molecule has 3 N–H and O–H groups in total. The van der Waals surface area contributed by atoms with Crippen molar-refractivity contribution in [2.45, 2.75) is 44.7 Å². The van der Waals surface area contributed by atoms with E-state index in [4.69, 9.17) is 4.74 Å². The predicted molar refractivity (Wildman–Crippen MR) is 182 cm³/mol. The molecule has 1 heterocycles. The molecule has 4 aromatic carbocycles. The molecule has 3 amide bonds. The van der Waals surface area contributed by atoms with Crippen LogP contribution in [0, 0.1) is 11.7 Å². The molecule has 4 aromatic rings. The predicted octanol–water partition coefficient (Wildman–Crippen LogP) is 6.19. The Bertz CT molecular complexity index is 1830. The van der Waals surface area contributed by atoms with Gasteiger partial charge in [-0.05, 0) is 48.7 Å². The van der Waals surface area contributed by atoms with Crippen LogP contribution in [0.4, 0.5) is 20.6 Å². The lowest BCUT2D eigenvalue weighted by Gasteiger charge is -2.38. The van der Waals surface area contributed by atoms with Gasteiger partial charge in [-0.25, -0.2) is 17.6 Å². The molecule has 0 radical (unpaired) electrons. The third-order valence-corrected chi connectivity index (χ3v) is 9.74. The minimum Gasteiger partial charge on any atom is -0.486 e. The van der Waals surface area contributed by atoms with Gasteiger partial charge in [0.15, 0.2) is 5.75 Å². The van der Waals surface area contributed by atoms with Gasteiger partial charge in [0.25, 0.3) is 5.91 Å². The van der Waals surface area contributed by atoms with Crippen LogP contribution in [0.15, 0.2) is 89.8 Å². The second-order valence-electron chi connectivity index (χ2n) is 11.2. The maximum atomic E-state index is 13.9. The van der Waals surface area contributed by atoms with Crippen LogP contribution in [0.3, 0.4) is 0 Å². The topological polar surface area (TPSA) is 128 Å². The number of urea groups is 1. The van der Waals surface area contributed by atoms with Crippen molar-refractivity contribution in [2.75, 3.05) is 37.4 Å². The summed E-state index contributed by atoms with van der Waals surface area (Å²) in [5, 5.41) is 17.4. The van der Waals surface area contributed by atoms with Crippen molar-refractivity contribution in [1.29, 1.82) is 0 Å². The molecule has 47 heavy (non-hydrogen) atoms. The minimum absolute atomic E-state index is 0.0683. The zero-order valence-corrected chi connectivity index (χ0v) is 27.9. The zero-order chi connectivity index (χ0) is 34.3. The zero-order valence-electron chi connectivity index (χ0n) is 27.1. The number of hydrogen-bond donors (Lipinski definition) is 3. The lowest BCUT2D eigenvalue weighted by atomic mass is 9.99. The van der Waals surface area contributed by atoms with Crippen LogP contribution in [0.25, 0.3) is 10.8 Å². The number of sulfonamides is 1. The third kappa shape index (κ3) is 7.90. The maximum absolute atomic E-state index is 13.9. The lowest BCUT2D eigenvalue weighted by Crippen LogP contribution is -2.50. The van der Waals surface area contributed by atoms with Crippen molar-refractivity contribution in [2.24, 2.45) is 5.92 Å². The molecule has 12 heteroatoms. The summed E-state index contributed by atoms with van der Waals surface area (Å²) >= 11 is 0. The lowest BCUT2D eigenvalue weighted by molar-refractivity contribution is 0.0389. The highest BCUT2D eigenvalue weighted by Crippen LogP contribution is 2.35. The summed E-state index contributed by atoms with van der Waals surface area (Å²) in [7, 11) is -2.72. The van der Waals surface area contributed by atoms with Crippen LogP contribution in [-0.2, 0) is 10.0 Å². The fraction of sp³-hybridized carbons (Fsp3) is 0.314.